The van der Waals surface area contributed by atoms with Gasteiger partial charge in [0, 0.05) is 16.9 Å². The van der Waals surface area contributed by atoms with Crippen molar-refractivity contribution < 1.29 is 0 Å². The number of rotatable bonds is 3. The maximum atomic E-state index is 4.11. The Bertz CT molecular complexity index is 432. The summed E-state index contributed by atoms with van der Waals surface area (Å²) in [7, 11) is 0. The van der Waals surface area contributed by atoms with Crippen LogP contribution in [0.5, 0.6) is 0 Å². The highest BCUT2D eigenvalue weighted by molar-refractivity contribution is 9.10. The fourth-order valence-corrected chi connectivity index (χ4v) is 1.49. The molecule has 0 fully saturated rings. The van der Waals surface area contributed by atoms with Gasteiger partial charge in [-0.2, -0.15) is 0 Å². The highest BCUT2D eigenvalue weighted by Gasteiger charge is 1.95. The predicted octanol–water partition coefficient (Wildman–Crippen LogP) is 2.25. The Balaban J connectivity index is 1.99. The van der Waals surface area contributed by atoms with Gasteiger partial charge in [-0.25, -0.2) is 9.97 Å². The molecule has 0 aliphatic rings. The van der Waals surface area contributed by atoms with E-state index in [1.807, 2.05) is 12.1 Å². The first-order chi connectivity index (χ1) is 7.34. The first-order valence-electron chi connectivity index (χ1n) is 4.44. The molecular weight excluding hydrogens is 256 g/mol. The maximum absolute atomic E-state index is 4.11. The molecule has 2 heterocycles. The van der Waals surface area contributed by atoms with Crippen molar-refractivity contribution in [2.75, 3.05) is 5.32 Å². The summed E-state index contributed by atoms with van der Waals surface area (Å²) in [5, 5.41) is 3.22. The topological polar surface area (TPSA) is 50.7 Å². The van der Waals surface area contributed by atoms with Crippen LogP contribution in [0.3, 0.4) is 0 Å². The molecule has 5 heteroatoms. The van der Waals surface area contributed by atoms with Crippen LogP contribution < -0.4 is 5.32 Å². The molecule has 0 aliphatic carbocycles. The third-order valence-electron chi connectivity index (χ3n) is 1.82. The summed E-state index contributed by atoms with van der Waals surface area (Å²) in [4.78, 5) is 12.0. The quantitative estimate of drug-likeness (QED) is 0.924. The van der Waals surface area contributed by atoms with Crippen molar-refractivity contribution in [3.8, 4) is 0 Å². The first kappa shape index (κ1) is 10.0. The van der Waals surface area contributed by atoms with Gasteiger partial charge in [-0.15, -0.1) is 0 Å². The van der Waals surface area contributed by atoms with Crippen LogP contribution in [0.25, 0.3) is 0 Å². The Morgan fingerprint density at radius 2 is 2.20 bits per heavy atom. The van der Waals surface area contributed by atoms with Gasteiger partial charge in [0.1, 0.15) is 6.33 Å². The molecule has 0 bridgehead atoms. The Kier molecular flexibility index (Phi) is 3.24. The molecule has 0 saturated heterocycles. The van der Waals surface area contributed by atoms with Crippen LogP contribution in [0.4, 0.5) is 5.69 Å². The third kappa shape index (κ3) is 2.99. The van der Waals surface area contributed by atoms with Gasteiger partial charge in [-0.3, -0.25) is 4.98 Å². The molecule has 0 aromatic carbocycles. The van der Waals surface area contributed by atoms with E-state index >= 15 is 0 Å². The molecule has 1 N–H and O–H groups in total. The van der Waals surface area contributed by atoms with Gasteiger partial charge in [-0.05, 0) is 28.1 Å². The van der Waals surface area contributed by atoms with E-state index in [0.717, 1.165) is 15.9 Å². The largest absolute Gasteiger partial charge is 0.378 e. The highest BCUT2D eigenvalue weighted by atomic mass is 79.9. The van der Waals surface area contributed by atoms with Crippen LogP contribution in [-0.4, -0.2) is 15.0 Å². The van der Waals surface area contributed by atoms with Crippen molar-refractivity contribution in [1.29, 1.82) is 0 Å². The normalized spacial score (nSPS) is 9.93. The SMILES string of the molecule is Brc1cncc(NCc2ccncn2)c1. The Hall–Kier alpha value is -1.49. The lowest BCUT2D eigenvalue weighted by Crippen LogP contribution is -2.01. The van der Waals surface area contributed by atoms with E-state index in [4.69, 9.17) is 0 Å². The molecule has 0 saturated carbocycles. The van der Waals surface area contributed by atoms with E-state index in [1.54, 1.807) is 18.6 Å². The van der Waals surface area contributed by atoms with Crippen molar-refractivity contribution in [3.63, 3.8) is 0 Å². The number of hydrogen-bond donors (Lipinski definition) is 1. The number of pyridine rings is 1. The zero-order valence-corrected chi connectivity index (χ0v) is 9.48. The van der Waals surface area contributed by atoms with Crippen molar-refractivity contribution in [2.24, 2.45) is 0 Å². The van der Waals surface area contributed by atoms with E-state index in [9.17, 15) is 0 Å². The molecule has 0 atom stereocenters. The van der Waals surface area contributed by atoms with E-state index in [-0.39, 0.29) is 0 Å². The van der Waals surface area contributed by atoms with Crippen LogP contribution in [0, 0.1) is 0 Å². The number of nitrogens with one attached hydrogen (secondary N) is 1. The molecule has 0 spiro atoms. The van der Waals surface area contributed by atoms with Crippen LogP contribution in [0.1, 0.15) is 5.69 Å². The van der Waals surface area contributed by atoms with E-state index in [1.165, 1.54) is 6.33 Å². The molecule has 76 valence electrons. The smallest absolute Gasteiger partial charge is 0.115 e. The van der Waals surface area contributed by atoms with Gasteiger partial charge in [0.25, 0.3) is 0 Å². The Labute approximate surface area is 95.9 Å². The predicted molar refractivity (Wildman–Crippen MR) is 61.3 cm³/mol. The molecule has 0 unspecified atom stereocenters. The molecular formula is C10H9BrN4. The molecule has 2 rings (SSSR count). The van der Waals surface area contributed by atoms with E-state index in [0.29, 0.717) is 6.54 Å². The Morgan fingerprint density at radius 1 is 1.27 bits per heavy atom. The monoisotopic (exact) mass is 264 g/mol. The van der Waals surface area contributed by atoms with Gasteiger partial charge in [0.2, 0.25) is 0 Å². The summed E-state index contributed by atoms with van der Waals surface area (Å²) in [6.07, 6.45) is 6.78. The second-order valence-electron chi connectivity index (χ2n) is 2.95. The number of nitrogens with zero attached hydrogens (tertiary/aromatic N) is 3. The second kappa shape index (κ2) is 4.84. The maximum Gasteiger partial charge on any atom is 0.115 e. The standard InChI is InChI=1S/C10H9BrN4/c11-8-3-10(5-13-4-8)14-6-9-1-2-12-7-15-9/h1-5,7,14H,6H2. The fourth-order valence-electron chi connectivity index (χ4n) is 1.12. The van der Waals surface area contributed by atoms with Crippen molar-refractivity contribution in [3.05, 3.63) is 47.2 Å². The Morgan fingerprint density at radius 3 is 2.93 bits per heavy atom. The number of hydrogen-bond acceptors (Lipinski definition) is 4. The first-order valence-corrected chi connectivity index (χ1v) is 5.23. The summed E-state index contributed by atoms with van der Waals surface area (Å²) in [5.74, 6) is 0. The minimum atomic E-state index is 0.667. The van der Waals surface area contributed by atoms with Gasteiger partial charge < -0.3 is 5.32 Å². The molecule has 4 nitrogen and oxygen atoms in total. The number of halogens is 1. The zero-order chi connectivity index (χ0) is 10.5. The van der Waals surface area contributed by atoms with Crippen molar-refractivity contribution in [1.82, 2.24) is 15.0 Å². The van der Waals surface area contributed by atoms with Crippen LogP contribution in [0.2, 0.25) is 0 Å². The average Bonchev–Trinajstić information content (AvgIpc) is 2.28. The minimum Gasteiger partial charge on any atom is -0.378 e. The molecule has 0 amide bonds. The fraction of sp³-hybridized carbons (Fsp3) is 0.100. The molecule has 0 aliphatic heterocycles. The van der Waals surface area contributed by atoms with Gasteiger partial charge in [-0.1, -0.05) is 0 Å². The summed E-state index contributed by atoms with van der Waals surface area (Å²) >= 11 is 3.36. The third-order valence-corrected chi connectivity index (χ3v) is 2.26. The van der Waals surface area contributed by atoms with Crippen LogP contribution in [-0.2, 0) is 6.54 Å². The molecule has 2 aromatic rings. The lowest BCUT2D eigenvalue weighted by molar-refractivity contribution is 1.00. The summed E-state index contributed by atoms with van der Waals surface area (Å²) in [6, 6.07) is 3.84. The van der Waals surface area contributed by atoms with E-state index in [2.05, 4.69) is 36.2 Å². The molecule has 15 heavy (non-hydrogen) atoms. The summed E-state index contributed by atoms with van der Waals surface area (Å²) in [6.45, 7) is 0.667. The zero-order valence-electron chi connectivity index (χ0n) is 7.89. The van der Waals surface area contributed by atoms with Gasteiger partial charge >= 0.3 is 0 Å². The second-order valence-corrected chi connectivity index (χ2v) is 3.86. The van der Waals surface area contributed by atoms with Crippen molar-refractivity contribution >= 4 is 21.6 Å². The average molecular weight is 265 g/mol. The summed E-state index contributed by atoms with van der Waals surface area (Å²) < 4.78 is 0.954. The minimum absolute atomic E-state index is 0.667. The lowest BCUT2D eigenvalue weighted by atomic mass is 10.3. The molecule has 2 aromatic heterocycles. The molecule has 0 radical (unpaired) electrons. The number of aromatic nitrogens is 3. The number of anilines is 1. The van der Waals surface area contributed by atoms with E-state index < -0.39 is 0 Å². The highest BCUT2D eigenvalue weighted by Crippen LogP contribution is 2.13. The van der Waals surface area contributed by atoms with Crippen LogP contribution in [0.15, 0.2) is 41.5 Å². The van der Waals surface area contributed by atoms with Crippen LogP contribution >= 0.6 is 15.9 Å². The van der Waals surface area contributed by atoms with Gasteiger partial charge in [0.15, 0.2) is 0 Å². The summed E-state index contributed by atoms with van der Waals surface area (Å²) in [5.41, 5.74) is 1.91. The lowest BCUT2D eigenvalue weighted by Gasteiger charge is -2.04. The van der Waals surface area contributed by atoms with Gasteiger partial charge in [0.05, 0.1) is 24.1 Å². The van der Waals surface area contributed by atoms with Crippen molar-refractivity contribution in [2.45, 2.75) is 6.54 Å².